The molecule has 4 nitrogen and oxygen atoms in total. The van der Waals surface area contributed by atoms with Gasteiger partial charge in [-0.3, -0.25) is 5.10 Å². The van der Waals surface area contributed by atoms with Crippen LogP contribution in [0.5, 0.6) is 0 Å². The summed E-state index contributed by atoms with van der Waals surface area (Å²) in [7, 11) is 0. The number of hydrogen-bond acceptors (Lipinski definition) is 3. The summed E-state index contributed by atoms with van der Waals surface area (Å²) in [4.78, 5) is 4.34. The molecule has 0 bridgehead atoms. The van der Waals surface area contributed by atoms with Crippen LogP contribution in [0.15, 0.2) is 47.0 Å². The summed E-state index contributed by atoms with van der Waals surface area (Å²) < 4.78 is 6.00. The highest BCUT2D eigenvalue weighted by molar-refractivity contribution is 5.95. The van der Waals surface area contributed by atoms with E-state index in [1.807, 2.05) is 24.3 Å². The van der Waals surface area contributed by atoms with Gasteiger partial charge in [0.15, 0.2) is 5.65 Å². The van der Waals surface area contributed by atoms with E-state index < -0.39 is 0 Å². The highest BCUT2D eigenvalue weighted by Crippen LogP contribution is 2.34. The van der Waals surface area contributed by atoms with Gasteiger partial charge in [0.1, 0.15) is 11.3 Å². The zero-order chi connectivity index (χ0) is 14.4. The second-order valence-electron chi connectivity index (χ2n) is 5.50. The Morgan fingerprint density at radius 3 is 2.81 bits per heavy atom. The zero-order valence-corrected chi connectivity index (χ0v) is 11.9. The predicted molar refractivity (Wildman–Crippen MR) is 83.2 cm³/mol. The monoisotopic (exact) mass is 277 g/mol. The Morgan fingerprint density at radius 1 is 1.14 bits per heavy atom. The van der Waals surface area contributed by atoms with E-state index in [9.17, 15) is 0 Å². The third-order valence-electron chi connectivity index (χ3n) is 3.75. The normalized spacial score (nSPS) is 11.8. The molecule has 0 aliphatic heterocycles. The molecular weight excluding hydrogens is 262 g/mol. The standard InChI is InChI=1S/C17H15N3O/c1-10(2)16-15-12(7-8-18-17(15)20-19-16)14-9-11-5-3-4-6-13(11)21-14/h3-10H,1-2H3,(H,18,19,20). The smallest absolute Gasteiger partial charge is 0.181 e. The maximum Gasteiger partial charge on any atom is 0.181 e. The summed E-state index contributed by atoms with van der Waals surface area (Å²) in [5.41, 5.74) is 3.76. The van der Waals surface area contributed by atoms with Crippen molar-refractivity contribution in [1.82, 2.24) is 15.2 Å². The van der Waals surface area contributed by atoms with Gasteiger partial charge in [-0.2, -0.15) is 5.10 Å². The average molecular weight is 277 g/mol. The minimum Gasteiger partial charge on any atom is -0.456 e. The van der Waals surface area contributed by atoms with E-state index in [0.717, 1.165) is 39.0 Å². The molecular formula is C17H15N3O. The van der Waals surface area contributed by atoms with E-state index in [2.05, 4.69) is 41.2 Å². The van der Waals surface area contributed by atoms with E-state index in [1.54, 1.807) is 6.20 Å². The number of rotatable bonds is 2. The average Bonchev–Trinajstić information content (AvgIpc) is 3.10. The predicted octanol–water partition coefficient (Wildman–Crippen LogP) is 4.49. The van der Waals surface area contributed by atoms with Crippen LogP contribution in [0.25, 0.3) is 33.3 Å². The Hall–Kier alpha value is -2.62. The summed E-state index contributed by atoms with van der Waals surface area (Å²) in [5.74, 6) is 1.20. The number of nitrogens with zero attached hydrogens (tertiary/aromatic N) is 2. The molecule has 4 rings (SSSR count). The molecule has 0 aliphatic rings. The third kappa shape index (κ3) is 1.83. The summed E-state index contributed by atoms with van der Waals surface area (Å²) in [6.07, 6.45) is 1.77. The molecule has 0 spiro atoms. The van der Waals surface area contributed by atoms with Gasteiger partial charge in [0.05, 0.1) is 5.39 Å². The van der Waals surface area contributed by atoms with Gasteiger partial charge in [-0.1, -0.05) is 32.0 Å². The number of aromatic amines is 1. The minimum atomic E-state index is 0.349. The molecule has 0 fully saturated rings. The van der Waals surface area contributed by atoms with Crippen molar-refractivity contribution in [3.8, 4) is 11.3 Å². The number of fused-ring (bicyclic) bond motifs is 2. The van der Waals surface area contributed by atoms with Crippen molar-refractivity contribution >= 4 is 22.0 Å². The zero-order valence-electron chi connectivity index (χ0n) is 11.9. The van der Waals surface area contributed by atoms with E-state index in [-0.39, 0.29) is 0 Å². The number of furan rings is 1. The Bertz CT molecular complexity index is 900. The van der Waals surface area contributed by atoms with Crippen LogP contribution >= 0.6 is 0 Å². The van der Waals surface area contributed by atoms with Crippen molar-refractivity contribution in [2.45, 2.75) is 19.8 Å². The Kier molecular flexibility index (Phi) is 2.57. The molecule has 0 amide bonds. The van der Waals surface area contributed by atoms with Crippen molar-refractivity contribution in [3.05, 3.63) is 48.3 Å². The molecule has 21 heavy (non-hydrogen) atoms. The lowest BCUT2D eigenvalue weighted by molar-refractivity contribution is 0.632. The van der Waals surface area contributed by atoms with Crippen LogP contribution in [0.3, 0.4) is 0 Å². The Morgan fingerprint density at radius 2 is 2.00 bits per heavy atom. The van der Waals surface area contributed by atoms with Crippen LogP contribution in [-0.4, -0.2) is 15.2 Å². The summed E-state index contributed by atoms with van der Waals surface area (Å²) in [6.45, 7) is 4.28. The molecule has 0 saturated carbocycles. The molecule has 104 valence electrons. The highest BCUT2D eigenvalue weighted by Gasteiger charge is 2.17. The third-order valence-corrected chi connectivity index (χ3v) is 3.75. The number of aromatic nitrogens is 3. The lowest BCUT2D eigenvalue weighted by Crippen LogP contribution is -1.89. The Labute approximate surface area is 121 Å². The fourth-order valence-corrected chi connectivity index (χ4v) is 2.71. The summed E-state index contributed by atoms with van der Waals surface area (Å²) in [6, 6.07) is 12.1. The number of pyridine rings is 1. The quantitative estimate of drug-likeness (QED) is 0.587. The van der Waals surface area contributed by atoms with Crippen LogP contribution in [0.1, 0.15) is 25.5 Å². The molecule has 1 aromatic carbocycles. The SMILES string of the molecule is CC(C)c1[nH]nc2nccc(-c3cc4ccccc4o3)c12. The summed E-state index contributed by atoms with van der Waals surface area (Å²) >= 11 is 0. The van der Waals surface area contributed by atoms with Crippen LogP contribution in [0.4, 0.5) is 0 Å². The van der Waals surface area contributed by atoms with Crippen molar-refractivity contribution in [2.24, 2.45) is 0 Å². The lowest BCUT2D eigenvalue weighted by Gasteiger charge is -2.04. The van der Waals surface area contributed by atoms with Gasteiger partial charge in [-0.25, -0.2) is 4.98 Å². The Balaban J connectivity index is 2.03. The number of benzene rings is 1. The number of nitrogens with one attached hydrogen (secondary N) is 1. The van der Waals surface area contributed by atoms with Crippen LogP contribution in [0.2, 0.25) is 0 Å². The van der Waals surface area contributed by atoms with Crippen molar-refractivity contribution in [2.75, 3.05) is 0 Å². The lowest BCUT2D eigenvalue weighted by atomic mass is 10.0. The largest absolute Gasteiger partial charge is 0.456 e. The van der Waals surface area contributed by atoms with Gasteiger partial charge in [0.2, 0.25) is 0 Å². The topological polar surface area (TPSA) is 54.7 Å². The number of H-pyrrole nitrogens is 1. The van der Waals surface area contributed by atoms with Crippen molar-refractivity contribution in [1.29, 1.82) is 0 Å². The van der Waals surface area contributed by atoms with Gasteiger partial charge >= 0.3 is 0 Å². The molecule has 4 aromatic rings. The first-order valence-electron chi connectivity index (χ1n) is 7.06. The van der Waals surface area contributed by atoms with Crippen molar-refractivity contribution < 1.29 is 4.42 Å². The highest BCUT2D eigenvalue weighted by atomic mass is 16.3. The van der Waals surface area contributed by atoms with Crippen molar-refractivity contribution in [3.63, 3.8) is 0 Å². The molecule has 1 N–H and O–H groups in total. The molecule has 0 aliphatic carbocycles. The number of hydrogen-bond donors (Lipinski definition) is 1. The molecule has 3 aromatic heterocycles. The maximum atomic E-state index is 6.00. The van der Waals surface area contributed by atoms with E-state index in [1.165, 1.54) is 0 Å². The molecule has 0 saturated heterocycles. The van der Waals surface area contributed by atoms with E-state index >= 15 is 0 Å². The molecule has 0 radical (unpaired) electrons. The van der Waals surface area contributed by atoms with Crippen LogP contribution < -0.4 is 0 Å². The first-order valence-corrected chi connectivity index (χ1v) is 7.06. The first kappa shape index (κ1) is 12.1. The first-order chi connectivity index (χ1) is 10.2. The molecule has 3 heterocycles. The van der Waals surface area contributed by atoms with Gasteiger partial charge in [-0.05, 0) is 24.1 Å². The van der Waals surface area contributed by atoms with E-state index in [0.29, 0.717) is 5.92 Å². The fourth-order valence-electron chi connectivity index (χ4n) is 2.71. The van der Waals surface area contributed by atoms with Crippen LogP contribution in [-0.2, 0) is 0 Å². The van der Waals surface area contributed by atoms with E-state index in [4.69, 9.17) is 4.42 Å². The summed E-state index contributed by atoms with van der Waals surface area (Å²) in [5, 5.41) is 9.56. The molecule has 0 atom stereocenters. The maximum absolute atomic E-state index is 6.00. The van der Waals surface area contributed by atoms with Gasteiger partial charge in [-0.15, -0.1) is 0 Å². The number of para-hydroxylation sites is 1. The second-order valence-corrected chi connectivity index (χ2v) is 5.50. The molecule has 4 heteroatoms. The van der Waals surface area contributed by atoms with Gasteiger partial charge in [0.25, 0.3) is 0 Å². The minimum absolute atomic E-state index is 0.349. The molecule has 0 unspecified atom stereocenters. The van der Waals surface area contributed by atoms with Gasteiger partial charge < -0.3 is 4.42 Å². The van der Waals surface area contributed by atoms with Crippen LogP contribution in [0, 0.1) is 0 Å². The second kappa shape index (κ2) is 4.45. The fraction of sp³-hybridized carbons (Fsp3) is 0.176. The van der Waals surface area contributed by atoms with Gasteiger partial charge in [0, 0.05) is 22.8 Å².